The van der Waals surface area contributed by atoms with E-state index in [4.69, 9.17) is 15.6 Å². The fourth-order valence-corrected chi connectivity index (χ4v) is 2.04. The van der Waals surface area contributed by atoms with E-state index in [2.05, 4.69) is 5.32 Å². The number of nitrogens with two attached hydrogens (primary N) is 1. The molecule has 0 fully saturated rings. The Labute approximate surface area is 107 Å². The zero-order valence-corrected chi connectivity index (χ0v) is 11.3. The van der Waals surface area contributed by atoms with Crippen LogP contribution in [0.5, 0.6) is 0 Å². The number of hydrogen-bond acceptors (Lipinski definition) is 5. The molecular formula is C11H24N2O3S. The van der Waals surface area contributed by atoms with Crippen LogP contribution in [0.15, 0.2) is 0 Å². The average molecular weight is 264 g/mol. The second-order valence-electron chi connectivity index (χ2n) is 3.56. The molecule has 6 heteroatoms. The molecule has 0 aliphatic carbocycles. The number of amides is 1. The molecule has 102 valence electrons. The molecular weight excluding hydrogens is 240 g/mol. The third-order valence-corrected chi connectivity index (χ3v) is 3.16. The van der Waals surface area contributed by atoms with Gasteiger partial charge in [0.1, 0.15) is 0 Å². The maximum atomic E-state index is 11.5. The van der Waals surface area contributed by atoms with Gasteiger partial charge >= 0.3 is 0 Å². The summed E-state index contributed by atoms with van der Waals surface area (Å²) in [6.45, 7) is 3.71. The fraction of sp³-hybridized carbons (Fsp3) is 0.909. The number of nitrogens with one attached hydrogen (secondary N) is 1. The zero-order chi connectivity index (χ0) is 12.9. The maximum absolute atomic E-state index is 11.5. The predicted molar refractivity (Wildman–Crippen MR) is 71.1 cm³/mol. The minimum absolute atomic E-state index is 0.0170. The van der Waals surface area contributed by atoms with Gasteiger partial charge in [0.2, 0.25) is 5.91 Å². The van der Waals surface area contributed by atoms with Crippen molar-refractivity contribution in [2.45, 2.75) is 25.9 Å². The van der Waals surface area contributed by atoms with Gasteiger partial charge in [0, 0.05) is 32.1 Å². The highest BCUT2D eigenvalue weighted by atomic mass is 32.2. The van der Waals surface area contributed by atoms with Gasteiger partial charge in [-0.3, -0.25) is 4.79 Å². The summed E-state index contributed by atoms with van der Waals surface area (Å²) >= 11 is 1.72. The number of aliphatic hydroxyl groups is 1. The van der Waals surface area contributed by atoms with Crippen molar-refractivity contribution in [1.82, 2.24) is 5.32 Å². The minimum atomic E-state index is -0.179. The number of carbonyl (C=O) groups excluding carboxylic acids is 1. The molecule has 1 amide bonds. The summed E-state index contributed by atoms with van der Waals surface area (Å²) in [5.74, 6) is 1.78. The Bertz CT molecular complexity index is 194. The molecule has 0 aromatic carbocycles. The topological polar surface area (TPSA) is 84.6 Å². The Morgan fingerprint density at radius 3 is 2.88 bits per heavy atom. The van der Waals surface area contributed by atoms with E-state index in [1.807, 2.05) is 6.92 Å². The number of rotatable bonds is 11. The number of carbonyl (C=O) groups is 1. The summed E-state index contributed by atoms with van der Waals surface area (Å²) in [5, 5.41) is 11.4. The van der Waals surface area contributed by atoms with E-state index in [1.54, 1.807) is 11.8 Å². The van der Waals surface area contributed by atoms with Gasteiger partial charge in [-0.25, -0.2) is 0 Å². The Hall–Kier alpha value is -0.300. The molecule has 0 aromatic heterocycles. The molecule has 5 nitrogen and oxygen atoms in total. The van der Waals surface area contributed by atoms with Crippen LogP contribution in [0.4, 0.5) is 0 Å². The van der Waals surface area contributed by atoms with Crippen molar-refractivity contribution in [3.63, 3.8) is 0 Å². The van der Waals surface area contributed by atoms with Gasteiger partial charge in [-0.2, -0.15) is 11.8 Å². The van der Waals surface area contributed by atoms with Crippen LogP contribution in [0.25, 0.3) is 0 Å². The van der Waals surface area contributed by atoms with Crippen molar-refractivity contribution >= 4 is 17.7 Å². The first kappa shape index (κ1) is 16.7. The van der Waals surface area contributed by atoms with Crippen molar-refractivity contribution in [2.75, 3.05) is 37.8 Å². The second-order valence-corrected chi connectivity index (χ2v) is 4.78. The fourth-order valence-electron chi connectivity index (χ4n) is 1.26. The maximum Gasteiger partial charge on any atom is 0.222 e. The van der Waals surface area contributed by atoms with Crippen LogP contribution in [0.2, 0.25) is 0 Å². The van der Waals surface area contributed by atoms with Crippen LogP contribution < -0.4 is 11.1 Å². The number of aliphatic hydroxyl groups excluding tert-OH is 1. The molecule has 4 N–H and O–H groups in total. The summed E-state index contributed by atoms with van der Waals surface area (Å²) in [6, 6.07) is 0. The Morgan fingerprint density at radius 1 is 1.53 bits per heavy atom. The summed E-state index contributed by atoms with van der Waals surface area (Å²) < 4.78 is 5.30. The number of thioether (sulfide) groups is 1. The van der Waals surface area contributed by atoms with Crippen molar-refractivity contribution in [2.24, 2.45) is 5.73 Å². The smallest absolute Gasteiger partial charge is 0.222 e. The van der Waals surface area contributed by atoms with Crippen molar-refractivity contribution < 1.29 is 14.6 Å². The molecule has 0 bridgehead atoms. The molecule has 0 spiro atoms. The Kier molecular flexibility index (Phi) is 12.0. The molecule has 0 aromatic rings. The molecule has 0 saturated heterocycles. The first-order valence-corrected chi connectivity index (χ1v) is 7.17. The molecule has 0 rings (SSSR count). The summed E-state index contributed by atoms with van der Waals surface area (Å²) in [5.41, 5.74) is 5.48. The highest BCUT2D eigenvalue weighted by Crippen LogP contribution is 2.01. The normalized spacial score (nSPS) is 12.4. The first-order valence-electron chi connectivity index (χ1n) is 6.01. The van der Waals surface area contributed by atoms with Crippen molar-refractivity contribution in [3.05, 3.63) is 0 Å². The monoisotopic (exact) mass is 264 g/mol. The summed E-state index contributed by atoms with van der Waals surface area (Å²) in [6.07, 6.45) is 0.950. The van der Waals surface area contributed by atoms with Crippen LogP contribution in [-0.2, 0) is 9.53 Å². The van der Waals surface area contributed by atoms with Gasteiger partial charge < -0.3 is 20.9 Å². The van der Waals surface area contributed by atoms with E-state index in [9.17, 15) is 4.79 Å². The lowest BCUT2D eigenvalue weighted by molar-refractivity contribution is -0.123. The van der Waals surface area contributed by atoms with E-state index in [0.717, 1.165) is 17.9 Å². The highest BCUT2D eigenvalue weighted by Gasteiger charge is 2.11. The predicted octanol–water partition coefficient (Wildman–Crippen LogP) is -0.0279. The van der Waals surface area contributed by atoms with Gasteiger partial charge in [-0.15, -0.1) is 0 Å². The zero-order valence-electron chi connectivity index (χ0n) is 10.5. The molecule has 1 unspecified atom stereocenters. The molecule has 0 radical (unpaired) electrons. The Morgan fingerprint density at radius 2 is 2.29 bits per heavy atom. The lowest BCUT2D eigenvalue weighted by Crippen LogP contribution is -2.33. The van der Waals surface area contributed by atoms with E-state index in [-0.39, 0.29) is 18.6 Å². The Balaban J connectivity index is 3.44. The molecule has 0 aliphatic heterocycles. The van der Waals surface area contributed by atoms with E-state index in [1.165, 1.54) is 0 Å². The largest absolute Gasteiger partial charge is 0.396 e. The number of hydrogen-bond donors (Lipinski definition) is 3. The lowest BCUT2D eigenvalue weighted by Gasteiger charge is -2.14. The molecule has 1 atom stereocenters. The van der Waals surface area contributed by atoms with Crippen LogP contribution in [-0.4, -0.2) is 54.9 Å². The molecule has 17 heavy (non-hydrogen) atoms. The summed E-state index contributed by atoms with van der Waals surface area (Å²) in [4.78, 5) is 11.5. The first-order chi connectivity index (χ1) is 8.24. The quantitative estimate of drug-likeness (QED) is 0.456. The standard InChI is InChI=1S/C11H24N2O3S/c1-2-16-10(9-12)8-11(15)13-4-7-17-6-3-5-14/h10,14H,2-9,12H2,1H3,(H,13,15). The van der Waals surface area contributed by atoms with E-state index < -0.39 is 0 Å². The van der Waals surface area contributed by atoms with Crippen molar-refractivity contribution in [3.8, 4) is 0 Å². The van der Waals surface area contributed by atoms with E-state index in [0.29, 0.717) is 26.1 Å². The molecule has 0 aliphatic rings. The van der Waals surface area contributed by atoms with Gasteiger partial charge in [-0.05, 0) is 19.1 Å². The molecule has 0 heterocycles. The van der Waals surface area contributed by atoms with Crippen LogP contribution in [0.3, 0.4) is 0 Å². The lowest BCUT2D eigenvalue weighted by atomic mass is 10.2. The van der Waals surface area contributed by atoms with Crippen LogP contribution in [0, 0.1) is 0 Å². The minimum Gasteiger partial charge on any atom is -0.396 e. The SMILES string of the molecule is CCOC(CN)CC(=O)NCCSCCCO. The third-order valence-electron chi connectivity index (χ3n) is 2.09. The second kappa shape index (κ2) is 12.2. The third kappa shape index (κ3) is 10.6. The summed E-state index contributed by atoms with van der Waals surface area (Å²) in [7, 11) is 0. The van der Waals surface area contributed by atoms with Gasteiger partial charge in [0.25, 0.3) is 0 Å². The molecule has 0 saturated carbocycles. The van der Waals surface area contributed by atoms with Gasteiger partial charge in [0.15, 0.2) is 0 Å². The van der Waals surface area contributed by atoms with E-state index >= 15 is 0 Å². The highest BCUT2D eigenvalue weighted by molar-refractivity contribution is 7.99. The van der Waals surface area contributed by atoms with Crippen LogP contribution >= 0.6 is 11.8 Å². The van der Waals surface area contributed by atoms with Gasteiger partial charge in [-0.1, -0.05) is 0 Å². The number of ether oxygens (including phenoxy) is 1. The van der Waals surface area contributed by atoms with Crippen molar-refractivity contribution in [1.29, 1.82) is 0 Å². The van der Waals surface area contributed by atoms with Gasteiger partial charge in [0.05, 0.1) is 12.5 Å². The average Bonchev–Trinajstić information content (AvgIpc) is 2.33. The van der Waals surface area contributed by atoms with Crippen LogP contribution in [0.1, 0.15) is 19.8 Å².